The lowest BCUT2D eigenvalue weighted by atomic mass is 10.0. The summed E-state index contributed by atoms with van der Waals surface area (Å²) in [6.45, 7) is 0. The van der Waals surface area contributed by atoms with Crippen molar-refractivity contribution in [1.82, 2.24) is 4.98 Å². The Bertz CT molecular complexity index is 1210. The molecule has 148 valence electrons. The summed E-state index contributed by atoms with van der Waals surface area (Å²) in [4.78, 5) is 8.95. The maximum absolute atomic E-state index is 14.2. The molecule has 1 aromatic heterocycles. The predicted octanol–water partition coefficient (Wildman–Crippen LogP) is 6.42. The summed E-state index contributed by atoms with van der Waals surface area (Å²) in [6, 6.07) is 23.0. The summed E-state index contributed by atoms with van der Waals surface area (Å²) < 4.78 is 20.0. The number of hydrogen-bond acceptors (Lipinski definition) is 4. The van der Waals surface area contributed by atoms with Crippen molar-refractivity contribution in [2.24, 2.45) is 4.99 Å². The standard InChI is InChI=1S/C24H17ClFN3O/c25-19-9-5-4-8-18(19)24(16-6-2-1-3-7-16)29-21-15-28-13-12-23(21)30-22-11-10-17(27)14-20(22)26/h1-15H,27H2. The molecule has 4 aromatic rings. The van der Waals surface area contributed by atoms with E-state index in [1.54, 1.807) is 30.6 Å². The van der Waals surface area contributed by atoms with Gasteiger partial charge in [-0.1, -0.05) is 60.1 Å². The lowest BCUT2D eigenvalue weighted by Crippen LogP contribution is -2.04. The first-order valence-corrected chi connectivity index (χ1v) is 9.55. The van der Waals surface area contributed by atoms with Gasteiger partial charge in [0.05, 0.1) is 11.9 Å². The van der Waals surface area contributed by atoms with E-state index < -0.39 is 5.82 Å². The fourth-order valence-electron chi connectivity index (χ4n) is 2.91. The Morgan fingerprint density at radius 1 is 0.933 bits per heavy atom. The molecule has 0 amide bonds. The van der Waals surface area contributed by atoms with Gasteiger partial charge in [-0.3, -0.25) is 4.98 Å². The van der Waals surface area contributed by atoms with E-state index in [4.69, 9.17) is 27.1 Å². The fraction of sp³-hybridized carbons (Fsp3) is 0. The zero-order valence-electron chi connectivity index (χ0n) is 15.8. The zero-order chi connectivity index (χ0) is 20.9. The minimum absolute atomic E-state index is 0.0471. The number of rotatable bonds is 5. The average Bonchev–Trinajstić information content (AvgIpc) is 2.76. The van der Waals surface area contributed by atoms with Crippen LogP contribution in [-0.2, 0) is 0 Å². The number of nitrogen functional groups attached to an aromatic ring is 1. The van der Waals surface area contributed by atoms with Crippen molar-refractivity contribution in [3.05, 3.63) is 113 Å². The maximum atomic E-state index is 14.2. The molecule has 0 radical (unpaired) electrons. The number of anilines is 1. The van der Waals surface area contributed by atoms with Gasteiger partial charge in [-0.2, -0.15) is 0 Å². The van der Waals surface area contributed by atoms with E-state index in [1.165, 1.54) is 12.1 Å². The van der Waals surface area contributed by atoms with Crippen LogP contribution in [0.2, 0.25) is 5.02 Å². The van der Waals surface area contributed by atoms with Crippen LogP contribution in [0, 0.1) is 5.82 Å². The summed E-state index contributed by atoms with van der Waals surface area (Å²) in [6.07, 6.45) is 3.12. The molecular formula is C24H17ClFN3O. The highest BCUT2D eigenvalue weighted by atomic mass is 35.5. The second-order valence-electron chi connectivity index (χ2n) is 6.44. The fourth-order valence-corrected chi connectivity index (χ4v) is 3.14. The Hall–Kier alpha value is -3.70. The van der Waals surface area contributed by atoms with Crippen molar-refractivity contribution in [2.45, 2.75) is 0 Å². The van der Waals surface area contributed by atoms with Crippen LogP contribution in [0.5, 0.6) is 11.5 Å². The van der Waals surface area contributed by atoms with E-state index in [2.05, 4.69) is 4.98 Å². The molecule has 0 aliphatic rings. The summed E-state index contributed by atoms with van der Waals surface area (Å²) >= 11 is 6.45. The topological polar surface area (TPSA) is 60.5 Å². The highest BCUT2D eigenvalue weighted by Crippen LogP contribution is 2.34. The molecule has 2 N–H and O–H groups in total. The first-order valence-electron chi connectivity index (χ1n) is 9.18. The molecule has 0 saturated heterocycles. The SMILES string of the molecule is Nc1ccc(Oc2ccncc2N=C(c2ccccc2)c2ccccc2Cl)c(F)c1. The Labute approximate surface area is 178 Å². The molecule has 0 unspecified atom stereocenters. The lowest BCUT2D eigenvalue weighted by Gasteiger charge is -2.12. The van der Waals surface area contributed by atoms with Gasteiger partial charge in [0.15, 0.2) is 17.3 Å². The van der Waals surface area contributed by atoms with Gasteiger partial charge in [0, 0.05) is 40.2 Å². The first kappa shape index (κ1) is 19.6. The average molecular weight is 418 g/mol. The van der Waals surface area contributed by atoms with Crippen molar-refractivity contribution in [3.8, 4) is 11.5 Å². The molecule has 6 heteroatoms. The third-order valence-corrected chi connectivity index (χ3v) is 4.68. The quantitative estimate of drug-likeness (QED) is 0.301. The van der Waals surface area contributed by atoms with Crippen LogP contribution in [0.3, 0.4) is 0 Å². The monoisotopic (exact) mass is 417 g/mol. The molecule has 0 bridgehead atoms. The van der Waals surface area contributed by atoms with Crippen molar-refractivity contribution >= 4 is 28.7 Å². The van der Waals surface area contributed by atoms with Gasteiger partial charge in [0.25, 0.3) is 0 Å². The van der Waals surface area contributed by atoms with E-state index in [0.29, 0.717) is 27.9 Å². The van der Waals surface area contributed by atoms with Crippen LogP contribution < -0.4 is 10.5 Å². The molecule has 4 nitrogen and oxygen atoms in total. The first-order chi connectivity index (χ1) is 14.6. The van der Waals surface area contributed by atoms with Crippen LogP contribution in [0.4, 0.5) is 15.8 Å². The number of aromatic nitrogens is 1. The minimum Gasteiger partial charge on any atom is -0.452 e. The third kappa shape index (κ3) is 4.31. The van der Waals surface area contributed by atoms with E-state index in [1.807, 2.05) is 48.5 Å². The zero-order valence-corrected chi connectivity index (χ0v) is 16.6. The van der Waals surface area contributed by atoms with Gasteiger partial charge in [0.2, 0.25) is 0 Å². The number of ether oxygens (including phenoxy) is 1. The van der Waals surface area contributed by atoms with E-state index in [9.17, 15) is 4.39 Å². The summed E-state index contributed by atoms with van der Waals surface area (Å²) in [7, 11) is 0. The van der Waals surface area contributed by atoms with Crippen molar-refractivity contribution in [1.29, 1.82) is 0 Å². The highest BCUT2D eigenvalue weighted by molar-refractivity contribution is 6.35. The highest BCUT2D eigenvalue weighted by Gasteiger charge is 2.14. The van der Waals surface area contributed by atoms with Crippen LogP contribution in [-0.4, -0.2) is 10.7 Å². The third-order valence-electron chi connectivity index (χ3n) is 4.35. The second kappa shape index (κ2) is 8.76. The number of aliphatic imine (C=N–C) groups is 1. The van der Waals surface area contributed by atoms with Gasteiger partial charge < -0.3 is 10.5 Å². The molecule has 30 heavy (non-hydrogen) atoms. The lowest BCUT2D eigenvalue weighted by molar-refractivity contribution is 0.443. The Morgan fingerprint density at radius 2 is 1.70 bits per heavy atom. The smallest absolute Gasteiger partial charge is 0.167 e. The van der Waals surface area contributed by atoms with E-state index >= 15 is 0 Å². The van der Waals surface area contributed by atoms with Gasteiger partial charge in [-0.25, -0.2) is 9.38 Å². The molecule has 0 fully saturated rings. The molecule has 4 rings (SSSR count). The van der Waals surface area contributed by atoms with E-state index in [-0.39, 0.29) is 5.75 Å². The minimum atomic E-state index is -0.559. The van der Waals surface area contributed by atoms with Gasteiger partial charge in [0.1, 0.15) is 5.69 Å². The number of hydrogen-bond donors (Lipinski definition) is 1. The van der Waals surface area contributed by atoms with Crippen LogP contribution in [0.15, 0.2) is 96.2 Å². The number of benzene rings is 3. The Morgan fingerprint density at radius 3 is 2.47 bits per heavy atom. The molecule has 0 spiro atoms. The van der Waals surface area contributed by atoms with Gasteiger partial charge in [-0.15, -0.1) is 0 Å². The molecular weight excluding hydrogens is 401 g/mol. The Kier molecular flexibility index (Phi) is 5.72. The van der Waals surface area contributed by atoms with Crippen molar-refractivity contribution in [2.75, 3.05) is 5.73 Å². The number of nitrogens with zero attached hydrogens (tertiary/aromatic N) is 2. The number of nitrogens with two attached hydrogens (primary N) is 1. The van der Waals surface area contributed by atoms with Crippen molar-refractivity contribution in [3.63, 3.8) is 0 Å². The summed E-state index contributed by atoms with van der Waals surface area (Å²) in [5.74, 6) is -0.156. The molecule has 0 saturated carbocycles. The molecule has 0 aliphatic carbocycles. The normalized spacial score (nSPS) is 11.3. The predicted molar refractivity (Wildman–Crippen MR) is 118 cm³/mol. The largest absolute Gasteiger partial charge is 0.452 e. The van der Waals surface area contributed by atoms with Gasteiger partial charge >= 0.3 is 0 Å². The maximum Gasteiger partial charge on any atom is 0.167 e. The molecule has 0 aliphatic heterocycles. The number of pyridine rings is 1. The summed E-state index contributed by atoms with van der Waals surface area (Å²) in [5.41, 5.74) is 8.66. The van der Waals surface area contributed by atoms with Crippen LogP contribution in [0.1, 0.15) is 11.1 Å². The summed E-state index contributed by atoms with van der Waals surface area (Å²) in [5, 5.41) is 0.566. The van der Waals surface area contributed by atoms with Crippen LogP contribution >= 0.6 is 11.6 Å². The second-order valence-corrected chi connectivity index (χ2v) is 6.85. The van der Waals surface area contributed by atoms with Gasteiger partial charge in [-0.05, 0) is 18.2 Å². The van der Waals surface area contributed by atoms with Crippen molar-refractivity contribution < 1.29 is 9.13 Å². The Balaban J connectivity index is 1.82. The molecule has 3 aromatic carbocycles. The van der Waals surface area contributed by atoms with Crippen LogP contribution in [0.25, 0.3) is 0 Å². The number of halogens is 2. The molecule has 0 atom stereocenters. The van der Waals surface area contributed by atoms with E-state index in [0.717, 1.165) is 11.1 Å². The molecule has 1 heterocycles.